The maximum atomic E-state index is 8.04. The van der Waals surface area contributed by atoms with Gasteiger partial charge >= 0.3 is 0 Å². The predicted molar refractivity (Wildman–Crippen MR) is 19.8 cm³/mol. The second-order valence-electron chi connectivity index (χ2n) is 0.921. The van der Waals surface area contributed by atoms with Crippen molar-refractivity contribution in [1.29, 1.82) is 0 Å². The molecule has 0 rings (SSSR count). The van der Waals surface area contributed by atoms with E-state index in [-0.39, 0.29) is 6.61 Å². The fourth-order valence-electron chi connectivity index (χ4n) is 0.129. The highest BCUT2D eigenvalue weighted by Crippen LogP contribution is 1.31. The summed E-state index contributed by atoms with van der Waals surface area (Å²) in [6, 6.07) is 0. The minimum atomic E-state index is 0.288. The molecule has 0 heterocycles. The predicted octanol–water partition coefficient (Wildman–Crippen LogP) is -1.83. The zero-order valence-corrected chi connectivity index (χ0v) is 3.44. The molecule has 5 heavy (non-hydrogen) atoms. The molecular formula is C3H10NO+. The Morgan fingerprint density at radius 1 is 1.80 bits per heavy atom. The third-order valence-corrected chi connectivity index (χ3v) is 0.418. The van der Waals surface area contributed by atoms with Gasteiger partial charge in [-0.15, -0.1) is 0 Å². The summed E-state index contributed by atoms with van der Waals surface area (Å²) in [6.45, 7) is 1.11. The number of hydrogen-bond donors (Lipinski definition) is 2. The topological polar surface area (TPSA) is 36.8 Å². The van der Waals surface area contributed by atoms with E-state index >= 15 is 0 Å². The first-order valence-electron chi connectivity index (χ1n) is 1.80. The van der Waals surface area contributed by atoms with Crippen molar-refractivity contribution in [3.05, 3.63) is 0 Å². The van der Waals surface area contributed by atoms with E-state index in [1.807, 2.05) is 12.4 Å². The molecule has 0 aliphatic rings. The average Bonchev–Trinajstić information content (AvgIpc) is 1.41. The summed E-state index contributed by atoms with van der Waals surface area (Å²) in [5.74, 6) is 0. The van der Waals surface area contributed by atoms with Crippen LogP contribution in [-0.2, 0) is 0 Å². The highest BCUT2D eigenvalue weighted by molar-refractivity contribution is 4.06. The van der Waals surface area contributed by atoms with Gasteiger partial charge in [-0.3, -0.25) is 0 Å². The highest BCUT2D eigenvalue weighted by atomic mass is 16.3. The van der Waals surface area contributed by atoms with E-state index in [4.69, 9.17) is 5.11 Å². The summed E-state index contributed by atoms with van der Waals surface area (Å²) < 4.78 is 0. The minimum Gasteiger partial charge on any atom is -0.391 e. The van der Waals surface area contributed by atoms with Crippen molar-refractivity contribution < 1.29 is 10.4 Å². The van der Waals surface area contributed by atoms with Gasteiger partial charge in [-0.1, -0.05) is 0 Å². The minimum absolute atomic E-state index is 0.288. The SMILES string of the molecule is C[NH2+]CCO. The molecule has 2 nitrogen and oxygen atoms in total. The van der Waals surface area contributed by atoms with E-state index in [1.165, 1.54) is 0 Å². The molecule has 0 amide bonds. The first kappa shape index (κ1) is 4.92. The van der Waals surface area contributed by atoms with Crippen molar-refractivity contribution >= 4 is 0 Å². The quantitative estimate of drug-likeness (QED) is 0.399. The summed E-state index contributed by atoms with van der Waals surface area (Å²) in [5, 5.41) is 9.97. The number of rotatable bonds is 2. The van der Waals surface area contributed by atoms with E-state index < -0.39 is 0 Å². The largest absolute Gasteiger partial charge is 0.391 e. The molecule has 0 spiro atoms. The van der Waals surface area contributed by atoms with Crippen molar-refractivity contribution in [2.45, 2.75) is 0 Å². The number of aliphatic hydroxyl groups excluding tert-OH is 1. The van der Waals surface area contributed by atoms with Gasteiger partial charge in [0, 0.05) is 0 Å². The van der Waals surface area contributed by atoms with Gasteiger partial charge in [0.1, 0.15) is 0 Å². The van der Waals surface area contributed by atoms with E-state index in [1.54, 1.807) is 0 Å². The zero-order valence-electron chi connectivity index (χ0n) is 3.44. The van der Waals surface area contributed by atoms with Crippen LogP contribution in [0.3, 0.4) is 0 Å². The third kappa shape index (κ3) is 3.92. The van der Waals surface area contributed by atoms with E-state index in [0.29, 0.717) is 0 Å². The standard InChI is InChI=1S/C3H9NO/c1-4-2-3-5/h4-5H,2-3H2,1H3/p+1. The molecule has 3 N–H and O–H groups in total. The van der Waals surface area contributed by atoms with E-state index in [9.17, 15) is 0 Å². The Balaban J connectivity index is 2.19. The number of aliphatic hydroxyl groups is 1. The Kier molecular flexibility index (Phi) is 3.86. The second-order valence-corrected chi connectivity index (χ2v) is 0.921. The summed E-state index contributed by atoms with van der Waals surface area (Å²) in [5.41, 5.74) is 0. The molecule has 2 heteroatoms. The zero-order chi connectivity index (χ0) is 4.12. The van der Waals surface area contributed by atoms with Crippen molar-refractivity contribution in [3.63, 3.8) is 0 Å². The van der Waals surface area contributed by atoms with Crippen LogP contribution < -0.4 is 5.32 Å². The monoisotopic (exact) mass is 76.1 g/mol. The highest BCUT2D eigenvalue weighted by Gasteiger charge is 1.69. The lowest BCUT2D eigenvalue weighted by molar-refractivity contribution is -0.628. The van der Waals surface area contributed by atoms with Gasteiger partial charge < -0.3 is 10.4 Å². The van der Waals surface area contributed by atoms with Gasteiger partial charge in [-0.05, 0) is 0 Å². The summed E-state index contributed by atoms with van der Waals surface area (Å²) in [6.07, 6.45) is 0. The van der Waals surface area contributed by atoms with Crippen LogP contribution in [0.25, 0.3) is 0 Å². The molecule has 32 valence electrons. The lowest BCUT2D eigenvalue weighted by atomic mass is 10.7. The summed E-state index contributed by atoms with van der Waals surface area (Å²) in [7, 11) is 1.93. The molecule has 0 aromatic heterocycles. The van der Waals surface area contributed by atoms with Crippen LogP contribution in [0.5, 0.6) is 0 Å². The lowest BCUT2D eigenvalue weighted by Gasteiger charge is -1.81. The van der Waals surface area contributed by atoms with Gasteiger partial charge in [0.15, 0.2) is 0 Å². The molecule has 0 unspecified atom stereocenters. The lowest BCUT2D eigenvalue weighted by Crippen LogP contribution is -2.80. The first-order chi connectivity index (χ1) is 2.41. The van der Waals surface area contributed by atoms with Crippen LogP contribution in [0.1, 0.15) is 0 Å². The fourth-order valence-corrected chi connectivity index (χ4v) is 0.129. The van der Waals surface area contributed by atoms with E-state index in [2.05, 4.69) is 0 Å². The summed E-state index contributed by atoms with van der Waals surface area (Å²) in [4.78, 5) is 0. The maximum Gasteiger partial charge on any atom is 0.0988 e. The van der Waals surface area contributed by atoms with Gasteiger partial charge in [0.2, 0.25) is 0 Å². The molecule has 0 aromatic rings. The van der Waals surface area contributed by atoms with Gasteiger partial charge in [0.05, 0.1) is 20.2 Å². The van der Waals surface area contributed by atoms with Crippen molar-refractivity contribution in [1.82, 2.24) is 0 Å². The van der Waals surface area contributed by atoms with Crippen molar-refractivity contribution in [2.24, 2.45) is 0 Å². The van der Waals surface area contributed by atoms with Crippen LogP contribution in [-0.4, -0.2) is 25.3 Å². The van der Waals surface area contributed by atoms with Crippen LogP contribution in [0, 0.1) is 0 Å². The van der Waals surface area contributed by atoms with E-state index in [0.717, 1.165) is 6.54 Å². The van der Waals surface area contributed by atoms with Gasteiger partial charge in [-0.2, -0.15) is 0 Å². The molecule has 0 bridgehead atoms. The van der Waals surface area contributed by atoms with Gasteiger partial charge in [0.25, 0.3) is 0 Å². The molecule has 0 aliphatic heterocycles. The average molecular weight is 76.1 g/mol. The van der Waals surface area contributed by atoms with Gasteiger partial charge in [-0.25, -0.2) is 0 Å². The molecule has 0 fully saturated rings. The van der Waals surface area contributed by atoms with Crippen LogP contribution >= 0.6 is 0 Å². The first-order valence-corrected chi connectivity index (χ1v) is 1.80. The maximum absolute atomic E-state index is 8.04. The van der Waals surface area contributed by atoms with Crippen LogP contribution in [0.2, 0.25) is 0 Å². The Bertz CT molecular complexity index is 14.4. The number of nitrogens with two attached hydrogens (primary N) is 1. The van der Waals surface area contributed by atoms with Crippen LogP contribution in [0.15, 0.2) is 0 Å². The molecule has 0 saturated heterocycles. The Labute approximate surface area is 31.8 Å². The summed E-state index contributed by atoms with van der Waals surface area (Å²) >= 11 is 0. The molecule has 0 radical (unpaired) electrons. The second kappa shape index (κ2) is 3.92. The molecule has 0 saturated carbocycles. The molecule has 0 aliphatic carbocycles. The van der Waals surface area contributed by atoms with Crippen molar-refractivity contribution in [2.75, 3.05) is 20.2 Å². The van der Waals surface area contributed by atoms with Crippen molar-refractivity contribution in [3.8, 4) is 0 Å². The smallest absolute Gasteiger partial charge is 0.0988 e. The molecular weight excluding hydrogens is 66.0 g/mol. The molecule has 0 atom stereocenters. The fraction of sp³-hybridized carbons (Fsp3) is 1.00. The van der Waals surface area contributed by atoms with Crippen LogP contribution in [0.4, 0.5) is 0 Å². The number of likely N-dealkylation sites (N-methyl/N-ethyl adjacent to an activating group) is 1. The Hall–Kier alpha value is -0.0800. The number of quaternary nitrogens is 1. The number of hydrogen-bond acceptors (Lipinski definition) is 1. The normalized spacial score (nSPS) is 8.40. The molecule has 0 aromatic carbocycles. The Morgan fingerprint density at radius 2 is 2.40 bits per heavy atom. The third-order valence-electron chi connectivity index (χ3n) is 0.418. The Morgan fingerprint density at radius 3 is 2.40 bits per heavy atom.